The average Bonchev–Trinajstić information content (AvgIpc) is 2.77. The normalized spacial score (nSPS) is 16.2. The number of carbonyl (C=O) groups is 1. The van der Waals surface area contributed by atoms with Crippen molar-refractivity contribution < 1.29 is 14.3 Å². The number of hydrogen-bond donors (Lipinski definition) is 1. The van der Waals surface area contributed by atoms with E-state index in [-0.39, 0.29) is 12.5 Å². The van der Waals surface area contributed by atoms with Crippen LogP contribution in [0.15, 0.2) is 48.5 Å². The molecule has 2 heterocycles. The molecule has 1 atom stereocenters. The number of aromatic nitrogens is 1. The minimum absolute atomic E-state index is 0.151. The molecule has 6 nitrogen and oxygen atoms in total. The van der Waals surface area contributed by atoms with Gasteiger partial charge in [-0.1, -0.05) is 30.7 Å². The van der Waals surface area contributed by atoms with Gasteiger partial charge in [0.2, 0.25) is 0 Å². The molecule has 1 aliphatic heterocycles. The van der Waals surface area contributed by atoms with E-state index in [9.17, 15) is 4.79 Å². The fourth-order valence-corrected chi connectivity index (χ4v) is 4.08. The van der Waals surface area contributed by atoms with Crippen LogP contribution in [0.2, 0.25) is 5.02 Å². The van der Waals surface area contributed by atoms with Crippen molar-refractivity contribution in [3.63, 3.8) is 0 Å². The van der Waals surface area contributed by atoms with Crippen molar-refractivity contribution in [1.29, 1.82) is 0 Å². The molecular weight excluding hydrogens is 414 g/mol. The van der Waals surface area contributed by atoms with Crippen LogP contribution in [-0.2, 0) is 4.79 Å². The fraction of sp³-hybridized carbons (Fsp3) is 0.333. The summed E-state index contributed by atoms with van der Waals surface area (Å²) in [5.74, 6) is 2.41. The quantitative estimate of drug-likeness (QED) is 0.575. The Hall–Kier alpha value is -2.99. The molecule has 1 fully saturated rings. The van der Waals surface area contributed by atoms with Crippen LogP contribution in [0, 0.1) is 5.92 Å². The van der Waals surface area contributed by atoms with Gasteiger partial charge in [-0.3, -0.25) is 4.79 Å². The zero-order valence-corrected chi connectivity index (χ0v) is 18.5. The lowest BCUT2D eigenvalue weighted by Crippen LogP contribution is -2.34. The van der Waals surface area contributed by atoms with Gasteiger partial charge in [-0.15, -0.1) is 0 Å². The number of nitrogens with zero attached hydrogens (tertiary/aromatic N) is 2. The minimum atomic E-state index is -0.307. The van der Waals surface area contributed by atoms with E-state index >= 15 is 0 Å². The van der Waals surface area contributed by atoms with Crippen LogP contribution < -0.4 is 19.7 Å². The summed E-state index contributed by atoms with van der Waals surface area (Å²) in [5.41, 5.74) is 1.26. The number of fused-ring (bicyclic) bond motifs is 1. The molecule has 31 heavy (non-hydrogen) atoms. The molecule has 1 unspecified atom stereocenters. The molecule has 0 aliphatic carbocycles. The van der Waals surface area contributed by atoms with Gasteiger partial charge in [0, 0.05) is 23.5 Å². The number of amides is 1. The van der Waals surface area contributed by atoms with Crippen LogP contribution in [0.3, 0.4) is 0 Å². The van der Waals surface area contributed by atoms with E-state index < -0.39 is 0 Å². The monoisotopic (exact) mass is 439 g/mol. The lowest BCUT2D eigenvalue weighted by molar-refractivity contribution is -0.118. The van der Waals surface area contributed by atoms with Crippen molar-refractivity contribution in [2.45, 2.75) is 19.8 Å². The Morgan fingerprint density at radius 3 is 2.90 bits per heavy atom. The van der Waals surface area contributed by atoms with E-state index in [0.29, 0.717) is 28.1 Å². The van der Waals surface area contributed by atoms with Crippen molar-refractivity contribution in [2.75, 3.05) is 37.0 Å². The Kier molecular flexibility index (Phi) is 6.47. The van der Waals surface area contributed by atoms with Crippen molar-refractivity contribution in [3.05, 3.63) is 53.6 Å². The number of pyridine rings is 1. The number of halogens is 1. The molecule has 1 saturated heterocycles. The summed E-state index contributed by atoms with van der Waals surface area (Å²) in [7, 11) is 1.54. The summed E-state index contributed by atoms with van der Waals surface area (Å²) < 4.78 is 11.1. The standard InChI is InChI=1S/C24H26ClN3O3/c1-16-5-4-12-28(14-16)22-11-8-17-6-3-7-21(24(17)27-22)31-15-23(29)26-19-13-18(25)9-10-20(19)30-2/h3,6-11,13,16H,4-5,12,14-15H2,1-2H3,(H,26,29). The van der Waals surface area contributed by atoms with Crippen LogP contribution in [0.5, 0.6) is 11.5 Å². The topological polar surface area (TPSA) is 63.7 Å². The SMILES string of the molecule is COc1ccc(Cl)cc1NC(=O)COc1cccc2ccc(N3CCCC(C)C3)nc12. The molecule has 0 bridgehead atoms. The zero-order chi connectivity index (χ0) is 21.8. The maximum atomic E-state index is 12.5. The van der Waals surface area contributed by atoms with Crippen molar-refractivity contribution in [3.8, 4) is 11.5 Å². The van der Waals surface area contributed by atoms with Gasteiger partial charge in [0.25, 0.3) is 5.91 Å². The number of hydrogen-bond acceptors (Lipinski definition) is 5. The predicted octanol–water partition coefficient (Wildman–Crippen LogP) is 5.15. The lowest BCUT2D eigenvalue weighted by Gasteiger charge is -2.32. The molecule has 1 amide bonds. The van der Waals surface area contributed by atoms with Crippen molar-refractivity contribution in [1.82, 2.24) is 4.98 Å². The van der Waals surface area contributed by atoms with E-state index in [1.165, 1.54) is 20.0 Å². The van der Waals surface area contributed by atoms with Crippen molar-refractivity contribution >= 4 is 39.9 Å². The first-order chi connectivity index (χ1) is 15.0. The maximum absolute atomic E-state index is 12.5. The molecule has 0 radical (unpaired) electrons. The van der Waals surface area contributed by atoms with Crippen LogP contribution in [0.4, 0.5) is 11.5 Å². The van der Waals surface area contributed by atoms with E-state index in [1.54, 1.807) is 18.2 Å². The summed E-state index contributed by atoms with van der Waals surface area (Å²) in [6.07, 6.45) is 2.43. The number of piperidine rings is 1. The molecule has 4 rings (SSSR count). The Morgan fingerprint density at radius 1 is 1.23 bits per heavy atom. The number of para-hydroxylation sites is 1. The first-order valence-corrected chi connectivity index (χ1v) is 10.8. The van der Waals surface area contributed by atoms with Gasteiger partial charge in [0.05, 0.1) is 12.8 Å². The summed E-state index contributed by atoms with van der Waals surface area (Å²) in [4.78, 5) is 19.7. The number of anilines is 2. The van der Waals surface area contributed by atoms with Crippen LogP contribution in [-0.4, -0.2) is 37.7 Å². The Morgan fingerprint density at radius 2 is 2.10 bits per heavy atom. The summed E-state index contributed by atoms with van der Waals surface area (Å²) in [6.45, 7) is 4.14. The van der Waals surface area contributed by atoms with Crippen LogP contribution >= 0.6 is 11.6 Å². The van der Waals surface area contributed by atoms with E-state index in [4.69, 9.17) is 26.1 Å². The highest BCUT2D eigenvalue weighted by Crippen LogP contribution is 2.30. The molecule has 0 saturated carbocycles. The third-order valence-electron chi connectivity index (χ3n) is 5.44. The number of ether oxygens (including phenoxy) is 2. The largest absolute Gasteiger partial charge is 0.495 e. The minimum Gasteiger partial charge on any atom is -0.495 e. The van der Waals surface area contributed by atoms with Crippen LogP contribution in [0.1, 0.15) is 19.8 Å². The lowest BCUT2D eigenvalue weighted by atomic mass is 10.0. The molecule has 2 aromatic carbocycles. The van der Waals surface area contributed by atoms with Gasteiger partial charge >= 0.3 is 0 Å². The summed E-state index contributed by atoms with van der Waals surface area (Å²) >= 11 is 6.03. The van der Waals surface area contributed by atoms with Gasteiger partial charge < -0.3 is 19.7 Å². The second kappa shape index (κ2) is 9.43. The van der Waals surface area contributed by atoms with Gasteiger partial charge in [0.1, 0.15) is 22.8 Å². The number of rotatable bonds is 6. The maximum Gasteiger partial charge on any atom is 0.262 e. The smallest absolute Gasteiger partial charge is 0.262 e. The zero-order valence-electron chi connectivity index (χ0n) is 17.7. The number of benzene rings is 2. The first-order valence-electron chi connectivity index (χ1n) is 10.4. The molecule has 0 spiro atoms. The van der Waals surface area contributed by atoms with E-state index in [2.05, 4.69) is 29.3 Å². The molecular formula is C24H26ClN3O3. The van der Waals surface area contributed by atoms with Gasteiger partial charge in [-0.05, 0) is 55.2 Å². The van der Waals surface area contributed by atoms with Gasteiger partial charge in [-0.25, -0.2) is 4.98 Å². The molecule has 1 aliphatic rings. The van der Waals surface area contributed by atoms with Crippen LogP contribution in [0.25, 0.3) is 10.9 Å². The third-order valence-corrected chi connectivity index (χ3v) is 5.68. The fourth-order valence-electron chi connectivity index (χ4n) is 3.91. The highest BCUT2D eigenvalue weighted by molar-refractivity contribution is 6.31. The second-order valence-corrected chi connectivity index (χ2v) is 8.31. The highest BCUT2D eigenvalue weighted by atomic mass is 35.5. The Bertz CT molecular complexity index is 1090. The molecule has 3 aromatic rings. The first kappa shape index (κ1) is 21.2. The van der Waals surface area contributed by atoms with Gasteiger partial charge in [0.15, 0.2) is 6.61 Å². The average molecular weight is 440 g/mol. The summed E-state index contributed by atoms with van der Waals surface area (Å²) in [6, 6.07) is 14.9. The van der Waals surface area contributed by atoms with Crippen molar-refractivity contribution in [2.24, 2.45) is 5.92 Å². The third kappa shape index (κ3) is 5.02. The molecule has 1 N–H and O–H groups in total. The van der Waals surface area contributed by atoms with E-state index in [1.807, 2.05) is 18.2 Å². The number of carbonyl (C=O) groups excluding carboxylic acids is 1. The highest BCUT2D eigenvalue weighted by Gasteiger charge is 2.18. The molecule has 1 aromatic heterocycles. The predicted molar refractivity (Wildman–Crippen MR) is 124 cm³/mol. The molecule has 7 heteroatoms. The van der Waals surface area contributed by atoms with Gasteiger partial charge in [-0.2, -0.15) is 0 Å². The number of nitrogens with one attached hydrogen (secondary N) is 1. The Labute approximate surface area is 187 Å². The number of methoxy groups -OCH3 is 1. The summed E-state index contributed by atoms with van der Waals surface area (Å²) in [5, 5.41) is 4.27. The Balaban J connectivity index is 1.50. The molecule has 162 valence electrons. The van der Waals surface area contributed by atoms with E-state index in [0.717, 1.165) is 29.8 Å². The second-order valence-electron chi connectivity index (χ2n) is 7.87.